The Kier molecular flexibility index (Phi) is 2.32. The number of rotatable bonds is 1. The van der Waals surface area contributed by atoms with Gasteiger partial charge in [-0.3, -0.25) is 0 Å². The van der Waals surface area contributed by atoms with Crippen LogP contribution in [0.25, 0.3) is 0 Å². The molecule has 0 aliphatic heterocycles. The lowest BCUT2D eigenvalue weighted by Gasteiger charge is -2.05. The van der Waals surface area contributed by atoms with Crippen LogP contribution in [0.4, 0.5) is 0 Å². The number of hydrogen-bond donors (Lipinski definition) is 2. The third-order valence-corrected chi connectivity index (χ3v) is 1.67. The Bertz CT molecular complexity index is 326. The topological polar surface area (TPSA) is 70.0 Å². The molecule has 1 aromatic rings. The molecular weight excluding hydrogens is 152 g/mol. The van der Waals surface area contributed by atoms with Gasteiger partial charge >= 0.3 is 0 Å². The van der Waals surface area contributed by atoms with E-state index in [1.807, 2.05) is 13.0 Å². The minimum Gasteiger partial charge on any atom is -0.507 e. The van der Waals surface area contributed by atoms with Gasteiger partial charge in [-0.05, 0) is 24.6 Å². The Morgan fingerprint density at radius 3 is 2.75 bits per heavy atom. The molecule has 0 aliphatic carbocycles. The van der Waals surface area contributed by atoms with Crippen LogP contribution in [-0.2, 0) is 0 Å². The first-order valence-corrected chi connectivity index (χ1v) is 3.63. The number of nitrogens with zero attached hydrogens (tertiary/aromatic N) is 1. The van der Waals surface area contributed by atoms with Crippen molar-refractivity contribution in [2.45, 2.75) is 13.0 Å². The zero-order chi connectivity index (χ0) is 9.14. The smallest absolute Gasteiger partial charge is 0.133 e. The Balaban J connectivity index is 3.16. The summed E-state index contributed by atoms with van der Waals surface area (Å²) >= 11 is 0. The van der Waals surface area contributed by atoms with Crippen LogP contribution in [0.1, 0.15) is 24.1 Å². The Labute approximate surface area is 71.1 Å². The fourth-order valence-electron chi connectivity index (χ4n) is 0.926. The molecule has 0 radical (unpaired) electrons. The molecule has 0 aliphatic rings. The molecule has 12 heavy (non-hydrogen) atoms. The van der Waals surface area contributed by atoms with Crippen molar-refractivity contribution in [1.82, 2.24) is 0 Å². The number of hydrogen-bond acceptors (Lipinski definition) is 3. The van der Waals surface area contributed by atoms with Crippen molar-refractivity contribution >= 4 is 0 Å². The number of phenols is 1. The summed E-state index contributed by atoms with van der Waals surface area (Å²) < 4.78 is 0. The van der Waals surface area contributed by atoms with Crippen molar-refractivity contribution in [3.63, 3.8) is 0 Å². The first-order valence-electron chi connectivity index (χ1n) is 3.63. The molecule has 1 aromatic carbocycles. The van der Waals surface area contributed by atoms with E-state index < -0.39 is 0 Å². The van der Waals surface area contributed by atoms with Crippen LogP contribution >= 0.6 is 0 Å². The molecule has 3 nitrogen and oxygen atoms in total. The van der Waals surface area contributed by atoms with Gasteiger partial charge in [0.15, 0.2) is 0 Å². The number of aromatic hydroxyl groups is 1. The van der Waals surface area contributed by atoms with Crippen LogP contribution in [0.3, 0.4) is 0 Å². The van der Waals surface area contributed by atoms with Crippen molar-refractivity contribution in [3.8, 4) is 11.8 Å². The minimum atomic E-state index is -0.113. The minimum absolute atomic E-state index is 0.00176. The number of nitriles is 1. The molecule has 0 spiro atoms. The van der Waals surface area contributed by atoms with Crippen molar-refractivity contribution in [3.05, 3.63) is 29.3 Å². The third kappa shape index (κ3) is 1.55. The average molecular weight is 162 g/mol. The van der Waals surface area contributed by atoms with Gasteiger partial charge in [0.1, 0.15) is 11.8 Å². The molecule has 1 rings (SSSR count). The zero-order valence-corrected chi connectivity index (χ0v) is 6.78. The van der Waals surface area contributed by atoms with Gasteiger partial charge in [0.25, 0.3) is 0 Å². The molecule has 62 valence electrons. The van der Waals surface area contributed by atoms with Gasteiger partial charge in [-0.1, -0.05) is 6.07 Å². The molecule has 0 bridgehead atoms. The second kappa shape index (κ2) is 3.24. The van der Waals surface area contributed by atoms with E-state index in [1.165, 1.54) is 6.07 Å². The van der Waals surface area contributed by atoms with Gasteiger partial charge in [0, 0.05) is 6.04 Å². The van der Waals surface area contributed by atoms with Gasteiger partial charge in [0.05, 0.1) is 5.56 Å². The molecule has 0 saturated carbocycles. The van der Waals surface area contributed by atoms with Crippen molar-refractivity contribution in [2.24, 2.45) is 5.73 Å². The van der Waals surface area contributed by atoms with Crippen molar-refractivity contribution < 1.29 is 5.11 Å². The van der Waals surface area contributed by atoms with Crippen molar-refractivity contribution in [2.75, 3.05) is 0 Å². The summed E-state index contributed by atoms with van der Waals surface area (Å²) in [6.07, 6.45) is 0. The molecular formula is C9H10N2O. The summed E-state index contributed by atoms with van der Waals surface area (Å²) in [5.41, 5.74) is 6.72. The van der Waals surface area contributed by atoms with Crippen LogP contribution in [0, 0.1) is 11.3 Å². The van der Waals surface area contributed by atoms with E-state index in [0.29, 0.717) is 0 Å². The third-order valence-electron chi connectivity index (χ3n) is 1.67. The average Bonchev–Trinajstić information content (AvgIpc) is 2.05. The second-order valence-corrected chi connectivity index (χ2v) is 2.68. The summed E-state index contributed by atoms with van der Waals surface area (Å²) in [7, 11) is 0. The zero-order valence-electron chi connectivity index (χ0n) is 6.78. The monoisotopic (exact) mass is 162 g/mol. The van der Waals surface area contributed by atoms with Crippen LogP contribution in [-0.4, -0.2) is 5.11 Å². The first kappa shape index (κ1) is 8.57. The van der Waals surface area contributed by atoms with E-state index in [0.717, 1.165) is 5.56 Å². The van der Waals surface area contributed by atoms with Gasteiger partial charge in [-0.15, -0.1) is 0 Å². The van der Waals surface area contributed by atoms with Gasteiger partial charge in [-0.2, -0.15) is 5.26 Å². The summed E-state index contributed by atoms with van der Waals surface area (Å²) in [4.78, 5) is 0. The van der Waals surface area contributed by atoms with Crippen LogP contribution in [0.2, 0.25) is 0 Å². The summed E-state index contributed by atoms with van der Waals surface area (Å²) in [5, 5.41) is 17.7. The standard InChI is InChI=1S/C9H10N2O/c1-6(11)7-2-3-9(12)8(4-7)5-10/h2-4,6,12H,11H2,1H3. The quantitative estimate of drug-likeness (QED) is 0.653. The Morgan fingerprint density at radius 1 is 1.58 bits per heavy atom. The predicted molar refractivity (Wildman–Crippen MR) is 45.4 cm³/mol. The van der Waals surface area contributed by atoms with Crippen molar-refractivity contribution in [1.29, 1.82) is 5.26 Å². The lowest BCUT2D eigenvalue weighted by molar-refractivity contribution is 0.473. The molecule has 3 N–H and O–H groups in total. The van der Waals surface area contributed by atoms with Gasteiger partial charge < -0.3 is 10.8 Å². The van der Waals surface area contributed by atoms with Crippen LogP contribution in [0.15, 0.2) is 18.2 Å². The summed E-state index contributed by atoms with van der Waals surface area (Å²) in [6.45, 7) is 1.83. The Morgan fingerprint density at radius 2 is 2.25 bits per heavy atom. The first-order chi connectivity index (χ1) is 5.65. The number of phenolic OH excluding ortho intramolecular Hbond substituents is 1. The van der Waals surface area contributed by atoms with E-state index in [2.05, 4.69) is 0 Å². The van der Waals surface area contributed by atoms with Crippen LogP contribution in [0.5, 0.6) is 5.75 Å². The molecule has 0 heterocycles. The van der Waals surface area contributed by atoms with Crippen LogP contribution < -0.4 is 5.73 Å². The molecule has 1 unspecified atom stereocenters. The highest BCUT2D eigenvalue weighted by molar-refractivity contribution is 5.44. The maximum absolute atomic E-state index is 9.15. The fourth-order valence-corrected chi connectivity index (χ4v) is 0.926. The molecule has 1 atom stereocenters. The molecule has 3 heteroatoms. The highest BCUT2D eigenvalue weighted by atomic mass is 16.3. The van der Waals surface area contributed by atoms with Gasteiger partial charge in [0.2, 0.25) is 0 Å². The van der Waals surface area contributed by atoms with E-state index in [9.17, 15) is 0 Å². The molecule has 0 saturated heterocycles. The second-order valence-electron chi connectivity index (χ2n) is 2.68. The lowest BCUT2D eigenvalue weighted by atomic mass is 10.1. The maximum atomic E-state index is 9.15. The highest BCUT2D eigenvalue weighted by Gasteiger charge is 2.03. The van der Waals surface area contributed by atoms with E-state index in [-0.39, 0.29) is 17.4 Å². The Hall–Kier alpha value is -1.53. The number of benzene rings is 1. The van der Waals surface area contributed by atoms with Gasteiger partial charge in [-0.25, -0.2) is 0 Å². The van der Waals surface area contributed by atoms with E-state index in [1.54, 1.807) is 12.1 Å². The SMILES string of the molecule is CC(N)c1ccc(O)c(C#N)c1. The highest BCUT2D eigenvalue weighted by Crippen LogP contribution is 2.19. The summed E-state index contributed by atoms with van der Waals surface area (Å²) in [5.74, 6) is 0.00176. The largest absolute Gasteiger partial charge is 0.507 e. The molecule has 0 fully saturated rings. The van der Waals surface area contributed by atoms with E-state index >= 15 is 0 Å². The predicted octanol–water partition coefficient (Wildman–Crippen LogP) is 1.28. The fraction of sp³-hybridized carbons (Fsp3) is 0.222. The normalized spacial score (nSPS) is 12.1. The molecule has 0 aromatic heterocycles. The van der Waals surface area contributed by atoms with E-state index in [4.69, 9.17) is 16.1 Å². The maximum Gasteiger partial charge on any atom is 0.133 e. The number of nitrogens with two attached hydrogens (primary N) is 1. The lowest BCUT2D eigenvalue weighted by Crippen LogP contribution is -2.04. The summed E-state index contributed by atoms with van der Waals surface area (Å²) in [6, 6.07) is 6.56. The molecule has 0 amide bonds.